The second-order valence-electron chi connectivity index (χ2n) is 6.10. The molecule has 0 aromatic heterocycles. The van der Waals surface area contributed by atoms with Gasteiger partial charge in [-0.2, -0.15) is 0 Å². The molecule has 0 aliphatic carbocycles. The maximum absolute atomic E-state index is 13.3. The van der Waals surface area contributed by atoms with Crippen LogP contribution in [0.2, 0.25) is 5.02 Å². The fourth-order valence-corrected chi connectivity index (χ4v) is 3.64. The summed E-state index contributed by atoms with van der Waals surface area (Å²) in [6.07, 6.45) is 3.73. The molecule has 2 atom stereocenters. The second-order valence-corrected chi connectivity index (χ2v) is 6.50. The van der Waals surface area contributed by atoms with Gasteiger partial charge >= 0.3 is 0 Å². The summed E-state index contributed by atoms with van der Waals surface area (Å²) < 4.78 is 24.8. The molecular formula is C16H21ClFNO2. The summed E-state index contributed by atoms with van der Waals surface area (Å²) in [6, 6.07) is 4.64. The van der Waals surface area contributed by atoms with E-state index in [4.69, 9.17) is 26.8 Å². The fourth-order valence-electron chi connectivity index (χ4n) is 3.46. The first kappa shape index (κ1) is 15.2. The highest BCUT2D eigenvalue weighted by Crippen LogP contribution is 2.41. The molecule has 1 spiro atoms. The lowest BCUT2D eigenvalue weighted by atomic mass is 9.76. The van der Waals surface area contributed by atoms with Crippen molar-refractivity contribution in [3.05, 3.63) is 34.6 Å². The zero-order valence-corrected chi connectivity index (χ0v) is 12.7. The van der Waals surface area contributed by atoms with Crippen LogP contribution in [-0.4, -0.2) is 25.4 Å². The molecule has 2 N–H and O–H groups in total. The zero-order chi connectivity index (χ0) is 14.9. The topological polar surface area (TPSA) is 44.5 Å². The molecule has 2 heterocycles. The van der Waals surface area contributed by atoms with Gasteiger partial charge in [0, 0.05) is 25.9 Å². The van der Waals surface area contributed by atoms with E-state index in [9.17, 15) is 4.39 Å². The van der Waals surface area contributed by atoms with Crippen LogP contribution in [0.4, 0.5) is 4.39 Å². The predicted molar refractivity (Wildman–Crippen MR) is 79.8 cm³/mol. The Morgan fingerprint density at radius 1 is 1.29 bits per heavy atom. The molecule has 2 saturated heterocycles. The van der Waals surface area contributed by atoms with Crippen LogP contribution in [0, 0.1) is 11.7 Å². The van der Waals surface area contributed by atoms with Crippen molar-refractivity contribution < 1.29 is 13.9 Å². The Morgan fingerprint density at radius 2 is 2.05 bits per heavy atom. The summed E-state index contributed by atoms with van der Waals surface area (Å²) >= 11 is 5.87. The minimum Gasteiger partial charge on any atom is -0.381 e. The monoisotopic (exact) mass is 313 g/mol. The van der Waals surface area contributed by atoms with Gasteiger partial charge in [-0.15, -0.1) is 0 Å². The Kier molecular flexibility index (Phi) is 4.50. The van der Waals surface area contributed by atoms with E-state index in [1.165, 1.54) is 6.07 Å². The van der Waals surface area contributed by atoms with Crippen molar-refractivity contribution in [3.63, 3.8) is 0 Å². The molecule has 1 aromatic rings. The average molecular weight is 314 g/mol. The van der Waals surface area contributed by atoms with Gasteiger partial charge in [0.15, 0.2) is 0 Å². The third-order valence-corrected chi connectivity index (χ3v) is 5.06. The van der Waals surface area contributed by atoms with Gasteiger partial charge in [-0.05, 0) is 49.3 Å². The van der Waals surface area contributed by atoms with Gasteiger partial charge in [0.25, 0.3) is 0 Å². The molecule has 3 nitrogen and oxygen atoms in total. The van der Waals surface area contributed by atoms with E-state index in [1.807, 2.05) is 0 Å². The van der Waals surface area contributed by atoms with Crippen molar-refractivity contribution in [2.24, 2.45) is 11.7 Å². The van der Waals surface area contributed by atoms with E-state index in [-0.39, 0.29) is 16.7 Å². The van der Waals surface area contributed by atoms with Crippen LogP contribution in [0.5, 0.6) is 0 Å². The van der Waals surface area contributed by atoms with Crippen LogP contribution in [0.15, 0.2) is 18.2 Å². The van der Waals surface area contributed by atoms with Gasteiger partial charge in [-0.25, -0.2) is 4.39 Å². The molecule has 0 bridgehead atoms. The standard InChI is InChI=1S/C16H21ClFNO2/c17-13-9-11(1-2-14(13)18)15(19)12-3-6-21-16(10-12)4-7-20-8-5-16/h1-2,9,12,15H,3-8,10,19H2. The highest BCUT2D eigenvalue weighted by molar-refractivity contribution is 6.30. The van der Waals surface area contributed by atoms with Crippen molar-refractivity contribution >= 4 is 11.6 Å². The Balaban J connectivity index is 1.74. The number of benzene rings is 1. The first-order valence-corrected chi connectivity index (χ1v) is 7.90. The Labute approximate surface area is 129 Å². The summed E-state index contributed by atoms with van der Waals surface area (Å²) in [5.74, 6) is -0.0705. The van der Waals surface area contributed by atoms with Crippen molar-refractivity contribution in [2.45, 2.75) is 37.3 Å². The first-order valence-electron chi connectivity index (χ1n) is 7.52. The molecular weight excluding hydrogens is 293 g/mol. The number of ether oxygens (including phenoxy) is 2. The molecule has 116 valence electrons. The smallest absolute Gasteiger partial charge is 0.141 e. The molecule has 5 heteroatoms. The van der Waals surface area contributed by atoms with E-state index < -0.39 is 5.82 Å². The van der Waals surface area contributed by atoms with Crippen LogP contribution in [0.3, 0.4) is 0 Å². The van der Waals surface area contributed by atoms with Gasteiger partial charge in [0.05, 0.1) is 10.6 Å². The van der Waals surface area contributed by atoms with Crippen LogP contribution in [0.25, 0.3) is 0 Å². The van der Waals surface area contributed by atoms with Gasteiger partial charge in [0.1, 0.15) is 5.82 Å². The normalized spacial score (nSPS) is 26.7. The summed E-state index contributed by atoms with van der Waals surface area (Å²) in [4.78, 5) is 0. The van der Waals surface area contributed by atoms with Crippen LogP contribution in [0.1, 0.15) is 37.3 Å². The van der Waals surface area contributed by atoms with Crippen molar-refractivity contribution in [2.75, 3.05) is 19.8 Å². The van der Waals surface area contributed by atoms with E-state index >= 15 is 0 Å². The third-order valence-electron chi connectivity index (χ3n) is 4.77. The average Bonchev–Trinajstić information content (AvgIpc) is 2.50. The van der Waals surface area contributed by atoms with Crippen molar-refractivity contribution in [1.82, 2.24) is 0 Å². The van der Waals surface area contributed by atoms with E-state index in [1.54, 1.807) is 12.1 Å². The molecule has 2 aliphatic heterocycles. The largest absolute Gasteiger partial charge is 0.381 e. The molecule has 2 fully saturated rings. The quantitative estimate of drug-likeness (QED) is 0.909. The summed E-state index contributed by atoms with van der Waals surface area (Å²) in [7, 11) is 0. The highest BCUT2D eigenvalue weighted by Gasteiger charge is 2.40. The molecule has 3 rings (SSSR count). The molecule has 1 aromatic carbocycles. The van der Waals surface area contributed by atoms with Crippen LogP contribution >= 0.6 is 11.6 Å². The number of halogens is 2. The Hall–Kier alpha value is -0.680. The molecule has 2 unspecified atom stereocenters. The van der Waals surface area contributed by atoms with Gasteiger partial charge < -0.3 is 15.2 Å². The molecule has 0 radical (unpaired) electrons. The molecule has 2 aliphatic rings. The summed E-state index contributed by atoms with van der Waals surface area (Å²) in [6.45, 7) is 2.24. The van der Waals surface area contributed by atoms with Crippen molar-refractivity contribution in [1.29, 1.82) is 0 Å². The van der Waals surface area contributed by atoms with Gasteiger partial charge in [-0.1, -0.05) is 17.7 Å². The SMILES string of the molecule is NC(c1ccc(F)c(Cl)c1)C1CCOC2(CCOCC2)C1. The molecule has 0 amide bonds. The maximum Gasteiger partial charge on any atom is 0.141 e. The Bertz CT molecular complexity index is 500. The number of rotatable bonds is 2. The minimum atomic E-state index is -0.402. The lowest BCUT2D eigenvalue weighted by Crippen LogP contribution is -2.46. The van der Waals surface area contributed by atoms with Crippen LogP contribution < -0.4 is 5.73 Å². The molecule has 21 heavy (non-hydrogen) atoms. The zero-order valence-electron chi connectivity index (χ0n) is 12.0. The summed E-state index contributed by atoms with van der Waals surface area (Å²) in [5, 5.41) is 0.135. The first-order chi connectivity index (χ1) is 10.1. The predicted octanol–water partition coefficient (Wildman–Crippen LogP) is 3.45. The van der Waals surface area contributed by atoms with Gasteiger partial charge in [-0.3, -0.25) is 0 Å². The van der Waals surface area contributed by atoms with E-state index in [0.717, 1.165) is 51.1 Å². The number of nitrogens with two attached hydrogens (primary N) is 1. The number of hydrogen-bond acceptors (Lipinski definition) is 3. The minimum absolute atomic E-state index is 0.0807. The summed E-state index contributed by atoms with van der Waals surface area (Å²) in [5.41, 5.74) is 7.23. The van der Waals surface area contributed by atoms with Gasteiger partial charge in [0.2, 0.25) is 0 Å². The fraction of sp³-hybridized carbons (Fsp3) is 0.625. The van der Waals surface area contributed by atoms with Crippen LogP contribution in [-0.2, 0) is 9.47 Å². The van der Waals surface area contributed by atoms with Crippen molar-refractivity contribution in [3.8, 4) is 0 Å². The lowest BCUT2D eigenvalue weighted by molar-refractivity contribution is -0.149. The maximum atomic E-state index is 13.3. The highest BCUT2D eigenvalue weighted by atomic mass is 35.5. The lowest BCUT2D eigenvalue weighted by Gasteiger charge is -2.44. The third kappa shape index (κ3) is 3.24. The molecule has 0 saturated carbocycles. The second kappa shape index (κ2) is 6.21. The van der Waals surface area contributed by atoms with E-state index in [0.29, 0.717) is 5.92 Å². The number of hydrogen-bond donors (Lipinski definition) is 1. The Morgan fingerprint density at radius 3 is 2.76 bits per heavy atom. The van der Waals surface area contributed by atoms with E-state index in [2.05, 4.69) is 0 Å².